The molecule has 1 rings (SSSR count). The Morgan fingerprint density at radius 1 is 1.59 bits per heavy atom. The Bertz CT molecular complexity index is 402. The van der Waals surface area contributed by atoms with E-state index in [1.807, 2.05) is 27.0 Å². The van der Waals surface area contributed by atoms with Gasteiger partial charge in [-0.25, -0.2) is 9.97 Å². The summed E-state index contributed by atoms with van der Waals surface area (Å²) in [5, 5.41) is 12.8. The van der Waals surface area contributed by atoms with Gasteiger partial charge in [-0.05, 0) is 39.8 Å². The molecule has 92 valence electrons. The first kappa shape index (κ1) is 13.9. The van der Waals surface area contributed by atoms with Crippen LogP contribution in [0.3, 0.4) is 0 Å². The zero-order valence-corrected chi connectivity index (χ0v) is 11.3. The zero-order chi connectivity index (χ0) is 12.7. The van der Waals surface area contributed by atoms with Crippen molar-refractivity contribution in [3.05, 3.63) is 18.0 Å². The summed E-state index contributed by atoms with van der Waals surface area (Å²) >= 11 is 1.64. The molecule has 0 aliphatic carbocycles. The highest BCUT2D eigenvalue weighted by atomic mass is 32.2. The summed E-state index contributed by atoms with van der Waals surface area (Å²) in [6.07, 6.45) is 3.57. The minimum absolute atomic E-state index is 0.423. The van der Waals surface area contributed by atoms with E-state index in [2.05, 4.69) is 21.4 Å². The average molecular weight is 250 g/mol. The Morgan fingerprint density at radius 3 is 2.94 bits per heavy atom. The quantitative estimate of drug-likeness (QED) is 0.476. The van der Waals surface area contributed by atoms with Gasteiger partial charge in [0.05, 0.1) is 6.07 Å². The third-order valence-electron chi connectivity index (χ3n) is 2.62. The van der Waals surface area contributed by atoms with Gasteiger partial charge in [-0.15, -0.1) is 0 Å². The molecule has 0 radical (unpaired) electrons. The molecule has 5 heteroatoms. The summed E-state index contributed by atoms with van der Waals surface area (Å²) in [4.78, 5) is 8.50. The molecule has 0 saturated heterocycles. The van der Waals surface area contributed by atoms with Crippen molar-refractivity contribution in [2.45, 2.75) is 37.4 Å². The number of nitriles is 1. The van der Waals surface area contributed by atoms with Gasteiger partial charge in [0.25, 0.3) is 0 Å². The normalized spacial score (nSPS) is 14.0. The Balaban J connectivity index is 2.32. The summed E-state index contributed by atoms with van der Waals surface area (Å²) < 4.78 is 0. The number of rotatable bonds is 6. The summed E-state index contributed by atoms with van der Waals surface area (Å²) in [6, 6.07) is 4.17. The molecule has 0 amide bonds. The van der Waals surface area contributed by atoms with Crippen LogP contribution in [0.5, 0.6) is 0 Å². The number of hydrogen-bond acceptors (Lipinski definition) is 5. The summed E-state index contributed by atoms with van der Waals surface area (Å²) in [5.74, 6) is 0.933. The van der Waals surface area contributed by atoms with E-state index in [4.69, 9.17) is 5.26 Å². The second-order valence-corrected chi connectivity index (χ2v) is 5.19. The van der Waals surface area contributed by atoms with Crippen molar-refractivity contribution in [1.29, 1.82) is 5.26 Å². The highest BCUT2D eigenvalue weighted by Gasteiger charge is 2.19. The van der Waals surface area contributed by atoms with Crippen LogP contribution in [0.4, 0.5) is 0 Å². The summed E-state index contributed by atoms with van der Waals surface area (Å²) in [7, 11) is 1.82. The second-order valence-electron chi connectivity index (χ2n) is 4.13. The lowest BCUT2D eigenvalue weighted by molar-refractivity contribution is 0.451. The van der Waals surface area contributed by atoms with Gasteiger partial charge < -0.3 is 5.32 Å². The lowest BCUT2D eigenvalue weighted by atomic mass is 9.99. The van der Waals surface area contributed by atoms with E-state index in [0.717, 1.165) is 29.4 Å². The minimum Gasteiger partial charge on any atom is -0.303 e. The van der Waals surface area contributed by atoms with Crippen LogP contribution >= 0.6 is 11.8 Å². The molecule has 1 heterocycles. The van der Waals surface area contributed by atoms with E-state index in [1.54, 1.807) is 18.0 Å². The van der Waals surface area contributed by atoms with Crippen molar-refractivity contribution < 1.29 is 0 Å². The largest absolute Gasteiger partial charge is 0.303 e. The van der Waals surface area contributed by atoms with E-state index in [-0.39, 0.29) is 0 Å². The predicted octanol–water partition coefficient (Wildman–Crippen LogP) is 2.16. The molecule has 1 N–H and O–H groups in total. The molecule has 0 saturated carbocycles. The van der Waals surface area contributed by atoms with Gasteiger partial charge in [-0.1, -0.05) is 11.8 Å². The molecule has 0 aliphatic heterocycles. The number of aryl methyl sites for hydroxylation is 1. The molecule has 0 aliphatic rings. The lowest BCUT2D eigenvalue weighted by Gasteiger charge is -2.19. The van der Waals surface area contributed by atoms with Gasteiger partial charge in [-0.2, -0.15) is 5.26 Å². The van der Waals surface area contributed by atoms with Crippen LogP contribution < -0.4 is 5.32 Å². The maximum atomic E-state index is 8.99. The molecule has 0 aromatic carbocycles. The maximum Gasteiger partial charge on any atom is 0.187 e. The molecule has 1 aromatic heterocycles. The minimum atomic E-state index is -0.423. The number of hydrogen-bond donors (Lipinski definition) is 1. The highest BCUT2D eigenvalue weighted by molar-refractivity contribution is 7.99. The fourth-order valence-electron chi connectivity index (χ4n) is 1.32. The van der Waals surface area contributed by atoms with Gasteiger partial charge in [-0.3, -0.25) is 0 Å². The Morgan fingerprint density at radius 2 is 2.35 bits per heavy atom. The van der Waals surface area contributed by atoms with Crippen molar-refractivity contribution in [1.82, 2.24) is 15.3 Å². The SMILES string of the molecule is CNC(C)(C#N)CCCSc1nccc(C)n1. The second kappa shape index (κ2) is 6.58. The number of nitrogens with one attached hydrogen (secondary N) is 1. The van der Waals surface area contributed by atoms with Crippen LogP contribution in [0.2, 0.25) is 0 Å². The summed E-state index contributed by atoms with van der Waals surface area (Å²) in [6.45, 7) is 3.88. The Hall–Kier alpha value is -1.12. The molecule has 1 aromatic rings. The van der Waals surface area contributed by atoms with Crippen LogP contribution in [0, 0.1) is 18.3 Å². The lowest BCUT2D eigenvalue weighted by Crippen LogP contribution is -2.37. The van der Waals surface area contributed by atoms with Crippen molar-refractivity contribution >= 4 is 11.8 Å². The van der Waals surface area contributed by atoms with Gasteiger partial charge >= 0.3 is 0 Å². The first-order chi connectivity index (χ1) is 8.09. The van der Waals surface area contributed by atoms with Crippen LogP contribution in [-0.4, -0.2) is 28.3 Å². The van der Waals surface area contributed by atoms with Crippen molar-refractivity contribution in [3.63, 3.8) is 0 Å². The van der Waals surface area contributed by atoms with Crippen molar-refractivity contribution in [2.75, 3.05) is 12.8 Å². The number of nitrogens with zero attached hydrogens (tertiary/aromatic N) is 3. The molecule has 17 heavy (non-hydrogen) atoms. The Kier molecular flexibility index (Phi) is 5.39. The van der Waals surface area contributed by atoms with E-state index >= 15 is 0 Å². The molecular formula is C12H18N4S. The van der Waals surface area contributed by atoms with Gasteiger partial charge in [0, 0.05) is 17.6 Å². The third kappa shape index (κ3) is 4.72. The molecule has 0 spiro atoms. The van der Waals surface area contributed by atoms with Crippen LogP contribution in [0.25, 0.3) is 0 Å². The van der Waals surface area contributed by atoms with E-state index in [0.29, 0.717) is 0 Å². The first-order valence-corrected chi connectivity index (χ1v) is 6.61. The monoisotopic (exact) mass is 250 g/mol. The van der Waals surface area contributed by atoms with Crippen LogP contribution in [0.1, 0.15) is 25.5 Å². The molecule has 0 fully saturated rings. The molecule has 4 nitrogen and oxygen atoms in total. The average Bonchev–Trinajstić information content (AvgIpc) is 2.34. The molecular weight excluding hydrogens is 232 g/mol. The fraction of sp³-hybridized carbons (Fsp3) is 0.583. The standard InChI is InChI=1S/C12H18N4S/c1-10-5-7-15-11(16-10)17-8-4-6-12(2,9-13)14-3/h5,7,14H,4,6,8H2,1-3H3. The summed E-state index contributed by atoms with van der Waals surface area (Å²) in [5.41, 5.74) is 0.563. The smallest absolute Gasteiger partial charge is 0.187 e. The zero-order valence-electron chi connectivity index (χ0n) is 10.5. The fourth-order valence-corrected chi connectivity index (χ4v) is 2.14. The van der Waals surface area contributed by atoms with E-state index in [9.17, 15) is 0 Å². The van der Waals surface area contributed by atoms with Crippen LogP contribution in [0.15, 0.2) is 17.4 Å². The molecule has 1 unspecified atom stereocenters. The molecule has 1 atom stereocenters. The Labute approximate surface area is 107 Å². The van der Waals surface area contributed by atoms with Crippen molar-refractivity contribution in [2.24, 2.45) is 0 Å². The van der Waals surface area contributed by atoms with E-state index in [1.165, 1.54) is 0 Å². The molecule has 0 bridgehead atoms. The van der Waals surface area contributed by atoms with E-state index < -0.39 is 5.54 Å². The van der Waals surface area contributed by atoms with Crippen LogP contribution in [-0.2, 0) is 0 Å². The van der Waals surface area contributed by atoms with Gasteiger partial charge in [0.1, 0.15) is 5.54 Å². The number of aromatic nitrogens is 2. The topological polar surface area (TPSA) is 61.6 Å². The maximum absolute atomic E-state index is 8.99. The van der Waals surface area contributed by atoms with Gasteiger partial charge in [0.2, 0.25) is 0 Å². The van der Waals surface area contributed by atoms with Gasteiger partial charge in [0.15, 0.2) is 5.16 Å². The highest BCUT2D eigenvalue weighted by Crippen LogP contribution is 2.17. The third-order valence-corrected chi connectivity index (χ3v) is 3.57. The van der Waals surface area contributed by atoms with Crippen molar-refractivity contribution in [3.8, 4) is 6.07 Å². The first-order valence-electron chi connectivity index (χ1n) is 5.62. The predicted molar refractivity (Wildman–Crippen MR) is 69.8 cm³/mol. The number of thioether (sulfide) groups is 1.